The Hall–Kier alpha value is -3.76. The highest BCUT2D eigenvalue weighted by molar-refractivity contribution is 5.89. The first-order valence-electron chi connectivity index (χ1n) is 18.3. The maximum absolute atomic E-state index is 13.3. The number of amides is 2. The molecule has 0 radical (unpaired) electrons. The fourth-order valence-electron chi connectivity index (χ4n) is 7.44. The largest absolute Gasteiger partial charge is 0.467 e. The highest BCUT2D eigenvalue weighted by Gasteiger charge is 2.45. The van der Waals surface area contributed by atoms with Crippen molar-refractivity contribution in [1.29, 1.82) is 0 Å². The van der Waals surface area contributed by atoms with Crippen LogP contribution in [-0.2, 0) is 51.0 Å². The molecule has 0 aliphatic heterocycles. The van der Waals surface area contributed by atoms with Gasteiger partial charge in [0.25, 0.3) is 0 Å². The molecule has 2 atom stereocenters. The summed E-state index contributed by atoms with van der Waals surface area (Å²) in [6.07, 6.45) is 9.86. The van der Waals surface area contributed by atoms with Gasteiger partial charge in [0.15, 0.2) is 0 Å². The van der Waals surface area contributed by atoms with Crippen LogP contribution >= 0.6 is 0 Å². The van der Waals surface area contributed by atoms with E-state index >= 15 is 0 Å². The van der Waals surface area contributed by atoms with Gasteiger partial charge in [0.05, 0.1) is 25.0 Å². The summed E-state index contributed by atoms with van der Waals surface area (Å²) >= 11 is 0. The second-order valence-corrected chi connectivity index (χ2v) is 14.3. The molecule has 2 unspecified atom stereocenters. The van der Waals surface area contributed by atoms with Crippen molar-refractivity contribution in [2.24, 2.45) is 10.8 Å². The van der Waals surface area contributed by atoms with E-state index in [0.717, 1.165) is 73.6 Å². The highest BCUT2D eigenvalue weighted by atomic mass is 16.5. The first-order chi connectivity index (χ1) is 24.4. The quantitative estimate of drug-likeness (QED) is 0.213. The molecule has 2 aliphatic carbocycles. The summed E-state index contributed by atoms with van der Waals surface area (Å²) < 4.78 is 20.3. The van der Waals surface area contributed by atoms with Crippen LogP contribution in [0.5, 0.6) is 0 Å². The number of carbonyl (C=O) groups is 4. The van der Waals surface area contributed by atoms with Crippen LogP contribution < -0.4 is 5.32 Å². The van der Waals surface area contributed by atoms with Gasteiger partial charge in [0.1, 0.15) is 12.1 Å². The third-order valence-electron chi connectivity index (χ3n) is 10.8. The van der Waals surface area contributed by atoms with Gasteiger partial charge in [0.2, 0.25) is 11.8 Å². The van der Waals surface area contributed by atoms with Gasteiger partial charge >= 0.3 is 11.9 Å². The number of carbonyl (C=O) groups excluding carboxylic acids is 4. The van der Waals surface area contributed by atoms with Gasteiger partial charge in [0, 0.05) is 47.3 Å². The second kappa shape index (κ2) is 20.3. The monoisotopic (exact) mass is 708 g/mol. The normalized spacial score (nSPS) is 17.0. The molecule has 0 heterocycles. The van der Waals surface area contributed by atoms with Gasteiger partial charge in [-0.15, -0.1) is 0 Å². The number of esters is 2. The molecule has 2 saturated carbocycles. The molecule has 2 fully saturated rings. The molecule has 2 aromatic carbocycles. The third-order valence-corrected chi connectivity index (χ3v) is 10.8. The van der Waals surface area contributed by atoms with Crippen LogP contribution in [-0.4, -0.2) is 89.4 Å². The van der Waals surface area contributed by atoms with E-state index in [2.05, 4.69) is 5.32 Å². The average Bonchev–Trinajstić information content (AvgIpc) is 3.84. The number of nitrogens with one attached hydrogen (secondary N) is 1. The van der Waals surface area contributed by atoms with Crippen LogP contribution in [0.15, 0.2) is 48.5 Å². The number of benzene rings is 2. The summed E-state index contributed by atoms with van der Waals surface area (Å²) in [4.78, 5) is 52.5. The number of ether oxygens (including phenoxy) is 4. The third kappa shape index (κ3) is 11.6. The molecule has 2 aliphatic rings. The Bertz CT molecular complexity index is 1400. The van der Waals surface area contributed by atoms with Gasteiger partial charge < -0.3 is 29.2 Å². The molecule has 51 heavy (non-hydrogen) atoms. The minimum atomic E-state index is -0.666. The molecule has 10 heteroatoms. The summed E-state index contributed by atoms with van der Waals surface area (Å²) in [5, 5.41) is 2.95. The van der Waals surface area contributed by atoms with Gasteiger partial charge in [-0.2, -0.15) is 0 Å². The van der Waals surface area contributed by atoms with E-state index < -0.39 is 28.9 Å². The maximum atomic E-state index is 13.3. The van der Waals surface area contributed by atoms with Gasteiger partial charge in [-0.3, -0.25) is 9.59 Å². The molecule has 10 nitrogen and oxygen atoms in total. The summed E-state index contributed by atoms with van der Waals surface area (Å²) in [6, 6.07) is 14.7. The zero-order chi connectivity index (χ0) is 37.4. The minimum absolute atomic E-state index is 0.0366. The van der Waals surface area contributed by atoms with Crippen LogP contribution in [0.2, 0.25) is 0 Å². The number of aryl methyl sites for hydroxylation is 2. The zero-order valence-corrected chi connectivity index (χ0v) is 31.9. The van der Waals surface area contributed by atoms with E-state index in [1.807, 2.05) is 62.4 Å². The Morgan fingerprint density at radius 3 is 1.55 bits per heavy atom. The molecule has 0 bridgehead atoms. The van der Waals surface area contributed by atoms with E-state index in [0.29, 0.717) is 38.9 Å². The number of rotatable bonds is 16. The Kier molecular flexibility index (Phi) is 16.6. The molecular formula is C41H60N2O8. The lowest BCUT2D eigenvalue weighted by atomic mass is 9.81. The van der Waals surface area contributed by atoms with E-state index in [4.69, 9.17) is 18.9 Å². The Morgan fingerprint density at radius 2 is 1.10 bits per heavy atom. The van der Waals surface area contributed by atoms with E-state index in [9.17, 15) is 19.2 Å². The van der Waals surface area contributed by atoms with Crippen molar-refractivity contribution in [3.05, 3.63) is 70.8 Å². The number of hydrogen-bond acceptors (Lipinski definition) is 8. The summed E-state index contributed by atoms with van der Waals surface area (Å²) in [5.41, 5.74) is 3.51. The molecule has 4 rings (SSSR count). The SMILES string of the molecule is COCCC1(C(=O)N(C)C(Cc2ccc(C)cc2)C(=O)OC)CCCC1.COCCC1(C(=O)NC(Cc2ccc(C)cc2)C(=O)OC)CCCC1. The molecule has 2 amide bonds. The molecule has 0 saturated heterocycles. The van der Waals surface area contributed by atoms with Crippen LogP contribution in [0.4, 0.5) is 0 Å². The van der Waals surface area contributed by atoms with E-state index in [1.54, 1.807) is 26.2 Å². The lowest BCUT2D eigenvalue weighted by Crippen LogP contribution is -2.50. The highest BCUT2D eigenvalue weighted by Crippen LogP contribution is 2.43. The number of methoxy groups -OCH3 is 4. The number of likely N-dealkylation sites (N-methyl/N-ethyl adjacent to an activating group) is 1. The fourth-order valence-corrected chi connectivity index (χ4v) is 7.44. The van der Waals surface area contributed by atoms with Crippen molar-refractivity contribution in [3.63, 3.8) is 0 Å². The second-order valence-electron chi connectivity index (χ2n) is 14.3. The smallest absolute Gasteiger partial charge is 0.328 e. The van der Waals surface area contributed by atoms with Crippen LogP contribution in [0.1, 0.15) is 86.5 Å². The van der Waals surface area contributed by atoms with Crippen LogP contribution in [0, 0.1) is 24.7 Å². The molecule has 0 aromatic heterocycles. The topological polar surface area (TPSA) is 120 Å². The first kappa shape index (κ1) is 41.7. The van der Waals surface area contributed by atoms with Crippen molar-refractivity contribution in [2.75, 3.05) is 48.7 Å². The van der Waals surface area contributed by atoms with Crippen molar-refractivity contribution < 1.29 is 38.1 Å². The zero-order valence-electron chi connectivity index (χ0n) is 31.9. The van der Waals surface area contributed by atoms with Gasteiger partial charge in [-0.1, -0.05) is 85.3 Å². The molecule has 282 valence electrons. The van der Waals surface area contributed by atoms with Crippen LogP contribution in [0.25, 0.3) is 0 Å². The predicted molar refractivity (Wildman–Crippen MR) is 197 cm³/mol. The van der Waals surface area contributed by atoms with E-state index in [-0.39, 0.29) is 17.8 Å². The maximum Gasteiger partial charge on any atom is 0.328 e. The van der Waals surface area contributed by atoms with Crippen molar-refractivity contribution in [3.8, 4) is 0 Å². The predicted octanol–water partition coefficient (Wildman–Crippen LogP) is 5.93. The lowest BCUT2D eigenvalue weighted by Gasteiger charge is -2.35. The van der Waals surface area contributed by atoms with Crippen molar-refractivity contribution >= 4 is 23.8 Å². The summed E-state index contributed by atoms with van der Waals surface area (Å²) in [7, 11) is 7.76. The minimum Gasteiger partial charge on any atom is -0.467 e. The standard InChI is InChI=1S/C21H31NO4.C20H29NO4/c1-16-7-9-17(10-8-16)15-18(19(23)26-4)22(2)20(24)21(13-14-25-3)11-5-6-12-21;1-15-6-8-16(9-7-15)14-17(18(22)25-3)21-19(23)20(12-13-24-2)10-4-5-11-20/h7-10,18H,5-6,11-15H2,1-4H3;6-9,17H,4-5,10-14H2,1-3H3,(H,21,23). The summed E-state index contributed by atoms with van der Waals surface area (Å²) in [5.74, 6) is -0.797. The Morgan fingerprint density at radius 1 is 0.667 bits per heavy atom. The van der Waals surface area contributed by atoms with Crippen molar-refractivity contribution in [2.45, 2.75) is 103 Å². The molecular weight excluding hydrogens is 648 g/mol. The number of nitrogens with zero attached hydrogens (tertiary/aromatic N) is 1. The Labute approximate surface area is 304 Å². The summed E-state index contributed by atoms with van der Waals surface area (Å²) in [6.45, 7) is 5.15. The fraction of sp³-hybridized carbons (Fsp3) is 0.610. The molecule has 2 aromatic rings. The number of hydrogen-bond donors (Lipinski definition) is 1. The van der Waals surface area contributed by atoms with Gasteiger partial charge in [-0.05, 0) is 63.5 Å². The lowest BCUT2D eigenvalue weighted by molar-refractivity contribution is -0.156. The van der Waals surface area contributed by atoms with E-state index in [1.165, 1.54) is 14.2 Å². The van der Waals surface area contributed by atoms with Crippen molar-refractivity contribution in [1.82, 2.24) is 10.2 Å². The van der Waals surface area contributed by atoms with Gasteiger partial charge in [-0.25, -0.2) is 9.59 Å². The average molecular weight is 709 g/mol. The van der Waals surface area contributed by atoms with Crippen LogP contribution in [0.3, 0.4) is 0 Å². The first-order valence-corrected chi connectivity index (χ1v) is 18.3. The molecule has 0 spiro atoms. The Balaban J connectivity index is 0.000000276. The molecule has 1 N–H and O–H groups in total.